The molecule has 0 radical (unpaired) electrons. The predicted octanol–water partition coefficient (Wildman–Crippen LogP) is 3.90. The third-order valence-corrected chi connectivity index (χ3v) is 4.63. The Hall–Kier alpha value is -2.71. The second-order valence-electron chi connectivity index (χ2n) is 7.13. The molecule has 0 fully saturated rings. The smallest absolute Gasteiger partial charge is 0.279 e. The number of fused-ring (bicyclic) bond motifs is 5. The van der Waals surface area contributed by atoms with E-state index in [2.05, 4.69) is 9.83 Å². The normalized spacial score (nSPS) is 17.8. The Bertz CT molecular complexity index is 1120. The van der Waals surface area contributed by atoms with Gasteiger partial charge in [-0.2, -0.15) is 4.98 Å². The highest BCUT2D eigenvalue weighted by Gasteiger charge is 2.47. The molecule has 0 unspecified atom stereocenters. The van der Waals surface area contributed by atoms with Gasteiger partial charge >= 0.3 is 0 Å². The highest BCUT2D eigenvalue weighted by Crippen LogP contribution is 2.45. The van der Waals surface area contributed by atoms with Crippen molar-refractivity contribution in [3.05, 3.63) is 63.5 Å². The van der Waals surface area contributed by atoms with Gasteiger partial charge in [0.05, 0.1) is 23.4 Å². The minimum Gasteiger partial charge on any atom is -0.358 e. The lowest BCUT2D eigenvalue weighted by atomic mass is 9.95. The molecule has 1 aromatic carbocycles. The molecule has 3 aromatic rings. The molecular formula is C19H17N3O2. The van der Waals surface area contributed by atoms with E-state index >= 15 is 0 Å². The Balaban J connectivity index is 2.32. The first-order chi connectivity index (χ1) is 11.3. The van der Waals surface area contributed by atoms with Crippen LogP contribution in [0.15, 0.2) is 35.3 Å². The quantitative estimate of drug-likeness (QED) is 0.466. The van der Waals surface area contributed by atoms with E-state index in [1.54, 1.807) is 6.20 Å². The van der Waals surface area contributed by atoms with Crippen LogP contribution in [0.4, 0.5) is 5.69 Å². The van der Waals surface area contributed by atoms with Crippen molar-refractivity contribution in [2.75, 3.05) is 0 Å². The number of nitrogens with zero attached hydrogens (tertiary/aromatic N) is 3. The number of aromatic nitrogens is 2. The SMILES string of the molecule is [C-]#[N+]c1cn2c3c(c(=O)nc2c2ccccc12)C(C)(C)OC3(C)C. The third-order valence-electron chi connectivity index (χ3n) is 4.63. The number of ether oxygens (including phenoxy) is 1. The van der Waals surface area contributed by atoms with Gasteiger partial charge in [0.25, 0.3) is 5.56 Å². The highest BCUT2D eigenvalue weighted by molar-refractivity contribution is 6.01. The predicted molar refractivity (Wildman–Crippen MR) is 92.4 cm³/mol. The Morgan fingerprint density at radius 1 is 1.12 bits per heavy atom. The van der Waals surface area contributed by atoms with E-state index in [1.807, 2.05) is 56.4 Å². The summed E-state index contributed by atoms with van der Waals surface area (Å²) < 4.78 is 8.01. The molecule has 5 heteroatoms. The molecular weight excluding hydrogens is 302 g/mol. The van der Waals surface area contributed by atoms with Crippen LogP contribution in [-0.4, -0.2) is 9.38 Å². The van der Waals surface area contributed by atoms with E-state index in [0.29, 0.717) is 16.9 Å². The molecule has 0 saturated heterocycles. The number of pyridine rings is 1. The van der Waals surface area contributed by atoms with Crippen LogP contribution in [-0.2, 0) is 15.9 Å². The summed E-state index contributed by atoms with van der Waals surface area (Å²) >= 11 is 0. The molecule has 0 spiro atoms. The average molecular weight is 319 g/mol. The fourth-order valence-corrected chi connectivity index (χ4v) is 3.90. The molecule has 0 saturated carbocycles. The van der Waals surface area contributed by atoms with E-state index in [1.165, 1.54) is 0 Å². The average Bonchev–Trinajstić information content (AvgIpc) is 2.72. The Morgan fingerprint density at radius 3 is 2.46 bits per heavy atom. The first-order valence-corrected chi connectivity index (χ1v) is 7.83. The van der Waals surface area contributed by atoms with Crippen LogP contribution in [0.25, 0.3) is 21.3 Å². The molecule has 4 rings (SSSR count). The van der Waals surface area contributed by atoms with Gasteiger partial charge in [-0.1, -0.05) is 24.3 Å². The first-order valence-electron chi connectivity index (χ1n) is 7.83. The van der Waals surface area contributed by atoms with Gasteiger partial charge in [0.2, 0.25) is 5.69 Å². The maximum Gasteiger partial charge on any atom is 0.279 e. The molecule has 1 aliphatic heterocycles. The molecule has 1 aliphatic rings. The van der Waals surface area contributed by atoms with Crippen molar-refractivity contribution in [3.8, 4) is 0 Å². The molecule has 0 aliphatic carbocycles. The largest absolute Gasteiger partial charge is 0.358 e. The van der Waals surface area contributed by atoms with Crippen LogP contribution in [0.2, 0.25) is 0 Å². The van der Waals surface area contributed by atoms with E-state index in [4.69, 9.17) is 11.3 Å². The summed E-state index contributed by atoms with van der Waals surface area (Å²) in [4.78, 5) is 20.8. The van der Waals surface area contributed by atoms with Crippen molar-refractivity contribution in [1.29, 1.82) is 0 Å². The van der Waals surface area contributed by atoms with Crippen LogP contribution in [0.3, 0.4) is 0 Å². The minimum atomic E-state index is -0.714. The van der Waals surface area contributed by atoms with Gasteiger partial charge in [-0.3, -0.25) is 4.79 Å². The van der Waals surface area contributed by atoms with Crippen LogP contribution >= 0.6 is 0 Å². The van der Waals surface area contributed by atoms with E-state index in [-0.39, 0.29) is 5.56 Å². The zero-order chi connectivity index (χ0) is 17.3. The van der Waals surface area contributed by atoms with E-state index in [9.17, 15) is 4.79 Å². The molecule has 5 nitrogen and oxygen atoms in total. The summed E-state index contributed by atoms with van der Waals surface area (Å²) in [5, 5.41) is 1.60. The van der Waals surface area contributed by atoms with E-state index < -0.39 is 11.2 Å². The van der Waals surface area contributed by atoms with Gasteiger partial charge in [0.1, 0.15) is 11.2 Å². The topological polar surface area (TPSA) is 48.0 Å². The molecule has 0 N–H and O–H groups in total. The lowest BCUT2D eigenvalue weighted by Gasteiger charge is -2.24. The standard InChI is InChI=1S/C19H17N3O2/c1-18(2)14-15(19(3,4)24-18)22-10-13(20-5)11-8-6-7-9-12(11)16(22)21-17(14)23/h6-10H,1-4H3. The summed E-state index contributed by atoms with van der Waals surface area (Å²) in [5.41, 5.74) is 0.817. The van der Waals surface area contributed by atoms with Crippen LogP contribution in [0, 0.1) is 6.57 Å². The second kappa shape index (κ2) is 4.43. The zero-order valence-electron chi connectivity index (χ0n) is 14.0. The van der Waals surface area contributed by atoms with Gasteiger partial charge in [0.15, 0.2) is 0 Å². The Kier molecular flexibility index (Phi) is 2.74. The molecule has 0 amide bonds. The third kappa shape index (κ3) is 1.78. The minimum absolute atomic E-state index is 0.263. The van der Waals surface area contributed by atoms with Gasteiger partial charge in [-0.05, 0) is 33.1 Å². The Labute approximate surface area is 139 Å². The monoisotopic (exact) mass is 319 g/mol. The van der Waals surface area contributed by atoms with Crippen LogP contribution < -0.4 is 5.56 Å². The van der Waals surface area contributed by atoms with Gasteiger partial charge in [0, 0.05) is 11.6 Å². The number of rotatable bonds is 0. The van der Waals surface area contributed by atoms with E-state index in [0.717, 1.165) is 16.5 Å². The highest BCUT2D eigenvalue weighted by atomic mass is 16.5. The van der Waals surface area contributed by atoms with Crippen molar-refractivity contribution in [1.82, 2.24) is 9.38 Å². The van der Waals surface area contributed by atoms with Crippen LogP contribution in [0.5, 0.6) is 0 Å². The summed E-state index contributed by atoms with van der Waals surface area (Å²) in [6.07, 6.45) is 1.77. The van der Waals surface area contributed by atoms with Gasteiger partial charge in [-0.25, -0.2) is 4.85 Å². The summed E-state index contributed by atoms with van der Waals surface area (Å²) in [6.45, 7) is 15.2. The molecule has 2 aromatic heterocycles. The van der Waals surface area contributed by atoms with Gasteiger partial charge < -0.3 is 9.14 Å². The molecule has 0 bridgehead atoms. The maximum absolute atomic E-state index is 12.8. The lowest BCUT2D eigenvalue weighted by Crippen LogP contribution is -2.26. The van der Waals surface area contributed by atoms with Crippen molar-refractivity contribution < 1.29 is 4.74 Å². The second-order valence-corrected chi connectivity index (χ2v) is 7.13. The summed E-state index contributed by atoms with van der Waals surface area (Å²) in [6, 6.07) is 7.55. The first kappa shape index (κ1) is 14.9. The fourth-order valence-electron chi connectivity index (χ4n) is 3.90. The summed E-state index contributed by atoms with van der Waals surface area (Å²) in [7, 11) is 0. The Morgan fingerprint density at radius 2 is 1.79 bits per heavy atom. The zero-order valence-corrected chi connectivity index (χ0v) is 14.0. The number of hydrogen-bond donors (Lipinski definition) is 0. The molecule has 24 heavy (non-hydrogen) atoms. The van der Waals surface area contributed by atoms with Crippen molar-refractivity contribution in [3.63, 3.8) is 0 Å². The van der Waals surface area contributed by atoms with Crippen LogP contribution in [0.1, 0.15) is 39.0 Å². The number of hydrogen-bond acceptors (Lipinski definition) is 3. The van der Waals surface area contributed by atoms with Crippen molar-refractivity contribution in [2.45, 2.75) is 38.9 Å². The lowest BCUT2D eigenvalue weighted by molar-refractivity contribution is -0.106. The molecule has 120 valence electrons. The maximum atomic E-state index is 12.8. The molecule has 0 atom stereocenters. The van der Waals surface area contributed by atoms with Crippen molar-refractivity contribution >= 4 is 22.1 Å². The molecule has 3 heterocycles. The number of benzene rings is 1. The summed E-state index contributed by atoms with van der Waals surface area (Å²) in [5.74, 6) is 0. The van der Waals surface area contributed by atoms with Gasteiger partial charge in [-0.15, -0.1) is 0 Å². The van der Waals surface area contributed by atoms with Crippen molar-refractivity contribution in [2.24, 2.45) is 0 Å². The fraction of sp³-hybridized carbons (Fsp3) is 0.316.